The van der Waals surface area contributed by atoms with Crippen LogP contribution in [0.2, 0.25) is 0 Å². The minimum atomic E-state index is -0.475. The Balaban J connectivity index is 1.55. The zero-order valence-corrected chi connectivity index (χ0v) is 17.4. The number of nitrogens with two attached hydrogens (primary N) is 1. The van der Waals surface area contributed by atoms with E-state index in [2.05, 4.69) is 28.0 Å². The molecule has 0 aliphatic carbocycles. The van der Waals surface area contributed by atoms with Gasteiger partial charge in [0.15, 0.2) is 11.5 Å². The first-order valence-electron chi connectivity index (χ1n) is 10.3. The van der Waals surface area contributed by atoms with Crippen LogP contribution in [-0.2, 0) is 0 Å². The van der Waals surface area contributed by atoms with Crippen molar-refractivity contribution in [3.05, 3.63) is 66.0 Å². The quantitative estimate of drug-likeness (QED) is 0.547. The van der Waals surface area contributed by atoms with Crippen LogP contribution in [0, 0.1) is 12.7 Å². The number of halogens is 1. The summed E-state index contributed by atoms with van der Waals surface area (Å²) in [6.07, 6.45) is 9.17. The van der Waals surface area contributed by atoms with E-state index in [-0.39, 0.29) is 11.9 Å². The molecule has 2 N–H and O–H groups in total. The third-order valence-corrected chi connectivity index (χ3v) is 5.95. The molecule has 0 fully saturated rings. The molecule has 5 rings (SSSR count). The lowest BCUT2D eigenvalue weighted by Gasteiger charge is -2.36. The molecule has 8 heteroatoms. The zero-order chi connectivity index (χ0) is 21.7. The molecule has 3 aromatic heterocycles. The highest BCUT2D eigenvalue weighted by Gasteiger charge is 2.26. The fourth-order valence-corrected chi connectivity index (χ4v) is 4.46. The van der Waals surface area contributed by atoms with Gasteiger partial charge >= 0.3 is 0 Å². The molecule has 158 valence electrons. The summed E-state index contributed by atoms with van der Waals surface area (Å²) in [4.78, 5) is 18.4. The number of aromatic nitrogens is 4. The average Bonchev–Trinajstić information content (AvgIpc) is 3.36. The number of pyridine rings is 1. The van der Waals surface area contributed by atoms with Gasteiger partial charge < -0.3 is 15.0 Å². The topological polar surface area (TPSA) is 81.5 Å². The minimum Gasteiger partial charge on any atom is -0.366 e. The zero-order valence-electron chi connectivity index (χ0n) is 17.4. The Labute approximate surface area is 178 Å². The molecule has 31 heavy (non-hydrogen) atoms. The van der Waals surface area contributed by atoms with Crippen LogP contribution in [0.25, 0.3) is 22.2 Å². The molecular weight excluding hydrogens is 395 g/mol. The average molecular weight is 418 g/mol. The summed E-state index contributed by atoms with van der Waals surface area (Å²) in [5, 5.41) is 5.41. The number of amides is 1. The van der Waals surface area contributed by atoms with Crippen LogP contribution in [0.5, 0.6) is 0 Å². The van der Waals surface area contributed by atoms with Gasteiger partial charge in [-0.1, -0.05) is 19.1 Å². The van der Waals surface area contributed by atoms with Gasteiger partial charge in [0.25, 0.3) is 5.91 Å². The number of carbonyl (C=O) groups is 1. The SMILES string of the molecule is CCC1CC(n2ncc3cccc(C(N)=O)c32)=CCN1c1cc(F)c2nc(C)cn2c1. The summed E-state index contributed by atoms with van der Waals surface area (Å²) in [5.41, 5.74) is 9.71. The van der Waals surface area contributed by atoms with Crippen molar-refractivity contribution in [3.63, 3.8) is 0 Å². The van der Waals surface area contributed by atoms with E-state index in [0.717, 1.165) is 34.4 Å². The third kappa shape index (κ3) is 3.15. The molecule has 1 aromatic carbocycles. The predicted octanol–water partition coefficient (Wildman–Crippen LogP) is 3.76. The molecule has 1 unspecified atom stereocenters. The van der Waals surface area contributed by atoms with Gasteiger partial charge in [-0.15, -0.1) is 0 Å². The standard InChI is InChI=1S/C23H23FN6O/c1-3-16-9-17(30-21-15(11-26-30)5-4-6-19(21)22(25)31)7-8-29(16)18-10-20(24)23-27-14(2)12-28(23)13-18/h4-7,10-13,16H,3,8-9H2,1-2H3,(H2,25,31). The fourth-order valence-electron chi connectivity index (χ4n) is 4.46. The first-order valence-corrected chi connectivity index (χ1v) is 10.3. The Morgan fingerprint density at radius 1 is 1.32 bits per heavy atom. The summed E-state index contributed by atoms with van der Waals surface area (Å²) in [6, 6.07) is 7.16. The molecule has 0 bridgehead atoms. The van der Waals surface area contributed by atoms with E-state index >= 15 is 0 Å². The van der Waals surface area contributed by atoms with Gasteiger partial charge in [0.05, 0.1) is 28.7 Å². The smallest absolute Gasteiger partial charge is 0.250 e. The van der Waals surface area contributed by atoms with Crippen LogP contribution < -0.4 is 10.6 Å². The van der Waals surface area contributed by atoms with E-state index in [1.165, 1.54) is 0 Å². The summed E-state index contributed by atoms with van der Waals surface area (Å²) < 4.78 is 18.2. The molecule has 4 heterocycles. The lowest BCUT2D eigenvalue weighted by molar-refractivity contribution is 0.100. The van der Waals surface area contributed by atoms with Crippen molar-refractivity contribution in [2.75, 3.05) is 11.4 Å². The largest absolute Gasteiger partial charge is 0.366 e. The second-order valence-electron chi connectivity index (χ2n) is 7.94. The highest BCUT2D eigenvalue weighted by Crippen LogP contribution is 2.32. The van der Waals surface area contributed by atoms with Gasteiger partial charge in [0.1, 0.15) is 0 Å². The Morgan fingerprint density at radius 3 is 2.94 bits per heavy atom. The number of fused-ring (bicyclic) bond motifs is 2. The van der Waals surface area contributed by atoms with Crippen molar-refractivity contribution in [1.82, 2.24) is 19.2 Å². The number of para-hydroxylation sites is 1. The number of nitrogens with zero attached hydrogens (tertiary/aromatic N) is 5. The number of rotatable bonds is 4. The van der Waals surface area contributed by atoms with E-state index < -0.39 is 5.91 Å². The van der Waals surface area contributed by atoms with Crippen LogP contribution in [0.4, 0.5) is 10.1 Å². The molecule has 1 amide bonds. The Morgan fingerprint density at radius 2 is 2.16 bits per heavy atom. The first kappa shape index (κ1) is 19.3. The number of primary amides is 1. The first-order chi connectivity index (χ1) is 15.0. The summed E-state index contributed by atoms with van der Waals surface area (Å²) in [5.74, 6) is -0.809. The highest BCUT2D eigenvalue weighted by molar-refractivity contribution is 6.05. The summed E-state index contributed by atoms with van der Waals surface area (Å²) >= 11 is 0. The second-order valence-corrected chi connectivity index (χ2v) is 7.94. The molecule has 1 aliphatic heterocycles. The van der Waals surface area contributed by atoms with Gasteiger partial charge in [-0.2, -0.15) is 5.10 Å². The van der Waals surface area contributed by atoms with Crippen LogP contribution >= 0.6 is 0 Å². The second kappa shape index (κ2) is 7.23. The maximum atomic E-state index is 14.7. The van der Waals surface area contributed by atoms with Crippen molar-refractivity contribution in [3.8, 4) is 0 Å². The van der Waals surface area contributed by atoms with Crippen LogP contribution in [0.3, 0.4) is 0 Å². The number of anilines is 1. The maximum absolute atomic E-state index is 14.7. The lowest BCUT2D eigenvalue weighted by Crippen LogP contribution is -2.39. The Kier molecular flexibility index (Phi) is 4.50. The Hall–Kier alpha value is -3.68. The van der Waals surface area contributed by atoms with Crippen LogP contribution in [0.15, 0.2) is 48.9 Å². The molecule has 0 saturated heterocycles. The van der Waals surface area contributed by atoms with Crippen LogP contribution in [0.1, 0.15) is 35.8 Å². The minimum absolute atomic E-state index is 0.154. The van der Waals surface area contributed by atoms with Crippen molar-refractivity contribution in [2.45, 2.75) is 32.7 Å². The van der Waals surface area contributed by atoms with E-state index in [9.17, 15) is 9.18 Å². The molecule has 1 atom stereocenters. The summed E-state index contributed by atoms with van der Waals surface area (Å²) in [7, 11) is 0. The maximum Gasteiger partial charge on any atom is 0.250 e. The molecule has 1 aliphatic rings. The van der Waals surface area contributed by atoms with Gasteiger partial charge in [-0.05, 0) is 25.5 Å². The van der Waals surface area contributed by atoms with Crippen molar-refractivity contribution in [2.24, 2.45) is 5.73 Å². The van der Waals surface area contributed by atoms with Crippen LogP contribution in [-0.4, -0.2) is 37.7 Å². The van der Waals surface area contributed by atoms with E-state index in [4.69, 9.17) is 5.73 Å². The van der Waals surface area contributed by atoms with Gasteiger partial charge in [0.2, 0.25) is 0 Å². The van der Waals surface area contributed by atoms with Gasteiger partial charge in [0, 0.05) is 48.6 Å². The molecule has 4 aromatic rings. The van der Waals surface area contributed by atoms with Crippen molar-refractivity contribution >= 4 is 33.8 Å². The molecule has 0 spiro atoms. The Bertz CT molecular complexity index is 1350. The molecular formula is C23H23FN6O. The number of imidazole rings is 1. The number of hydrogen-bond donors (Lipinski definition) is 1. The predicted molar refractivity (Wildman–Crippen MR) is 118 cm³/mol. The number of carbonyl (C=O) groups excluding carboxylic acids is 1. The van der Waals surface area contributed by atoms with Crippen molar-refractivity contribution < 1.29 is 9.18 Å². The fraction of sp³-hybridized carbons (Fsp3) is 0.261. The lowest BCUT2D eigenvalue weighted by atomic mass is 10.0. The normalized spacial score (nSPS) is 16.8. The summed E-state index contributed by atoms with van der Waals surface area (Å²) in [6.45, 7) is 4.57. The monoisotopic (exact) mass is 418 g/mol. The van der Waals surface area contributed by atoms with E-state index in [1.807, 2.05) is 36.1 Å². The highest BCUT2D eigenvalue weighted by atomic mass is 19.1. The molecule has 0 saturated carbocycles. The van der Waals surface area contributed by atoms with Gasteiger partial charge in [-0.3, -0.25) is 4.79 Å². The van der Waals surface area contributed by atoms with E-state index in [1.54, 1.807) is 22.7 Å². The molecule has 0 radical (unpaired) electrons. The number of aryl methyl sites for hydroxylation is 1. The van der Waals surface area contributed by atoms with E-state index in [0.29, 0.717) is 24.2 Å². The van der Waals surface area contributed by atoms with Gasteiger partial charge in [-0.25, -0.2) is 14.1 Å². The number of hydrogen-bond acceptors (Lipinski definition) is 4. The molecule has 7 nitrogen and oxygen atoms in total. The number of benzene rings is 1. The van der Waals surface area contributed by atoms with Crippen molar-refractivity contribution in [1.29, 1.82) is 0 Å². The third-order valence-electron chi connectivity index (χ3n) is 5.95.